The second kappa shape index (κ2) is 9.36. The summed E-state index contributed by atoms with van der Waals surface area (Å²) in [5, 5.41) is 0. The van der Waals surface area contributed by atoms with Crippen molar-refractivity contribution in [2.75, 3.05) is 4.90 Å². The molecule has 3 nitrogen and oxygen atoms in total. The number of hydrogen-bond acceptors (Lipinski definition) is 2. The third-order valence-corrected chi connectivity index (χ3v) is 7.04. The van der Waals surface area contributed by atoms with Gasteiger partial charge in [-0.3, -0.25) is 9.59 Å². The van der Waals surface area contributed by atoms with Crippen LogP contribution >= 0.6 is 15.9 Å². The van der Waals surface area contributed by atoms with Gasteiger partial charge in [0.1, 0.15) is 0 Å². The second-order valence-corrected chi connectivity index (χ2v) is 9.43. The van der Waals surface area contributed by atoms with Crippen LogP contribution in [0, 0.1) is 5.92 Å². The summed E-state index contributed by atoms with van der Waals surface area (Å²) < 4.78 is 0. The standard InChI is InChI=1S/C23H32BrNO2/c1-3-7-20(24)23(27)18-11-12-21-19(15-18)14-16(2)25(21)22(26)13-10-17-8-5-4-6-9-17/h11-12,15-17,20H,3-10,13-14H2,1-2H3. The molecule has 27 heavy (non-hydrogen) atoms. The zero-order chi connectivity index (χ0) is 19.4. The van der Waals surface area contributed by atoms with Crippen LogP contribution in [-0.2, 0) is 11.2 Å². The van der Waals surface area contributed by atoms with Gasteiger partial charge in [-0.05, 0) is 55.9 Å². The lowest BCUT2D eigenvalue weighted by Gasteiger charge is -2.25. The predicted molar refractivity (Wildman–Crippen MR) is 115 cm³/mol. The van der Waals surface area contributed by atoms with E-state index < -0.39 is 0 Å². The molecule has 2 aliphatic rings. The number of Topliss-reactive ketones (excluding diaryl/α,β-unsaturated/α-hetero) is 1. The van der Waals surface area contributed by atoms with Crippen molar-refractivity contribution >= 4 is 33.3 Å². The minimum atomic E-state index is -0.118. The van der Waals surface area contributed by atoms with Gasteiger partial charge in [0, 0.05) is 23.7 Å². The van der Waals surface area contributed by atoms with Crippen molar-refractivity contribution in [1.29, 1.82) is 0 Å². The van der Waals surface area contributed by atoms with Gasteiger partial charge < -0.3 is 4.90 Å². The molecule has 3 rings (SSSR count). The molecule has 1 aromatic carbocycles. The van der Waals surface area contributed by atoms with Gasteiger partial charge >= 0.3 is 0 Å². The fourth-order valence-corrected chi connectivity index (χ4v) is 5.38. The average molecular weight is 434 g/mol. The number of amides is 1. The molecule has 0 saturated heterocycles. The highest BCUT2D eigenvalue weighted by Gasteiger charge is 2.32. The van der Waals surface area contributed by atoms with Crippen LogP contribution in [0.3, 0.4) is 0 Å². The Kier molecular flexibility index (Phi) is 7.13. The van der Waals surface area contributed by atoms with Crippen molar-refractivity contribution in [1.82, 2.24) is 0 Å². The minimum Gasteiger partial charge on any atom is -0.309 e. The van der Waals surface area contributed by atoms with Crippen LogP contribution in [0.5, 0.6) is 0 Å². The Hall–Kier alpha value is -1.16. The highest BCUT2D eigenvalue weighted by atomic mass is 79.9. The number of nitrogens with zero attached hydrogens (tertiary/aromatic N) is 1. The molecule has 1 amide bonds. The van der Waals surface area contributed by atoms with Gasteiger partial charge in [0.25, 0.3) is 0 Å². The molecule has 1 aliphatic heterocycles. The SMILES string of the molecule is CCCC(Br)C(=O)c1ccc2c(c1)CC(C)N2C(=O)CCC1CCCCC1. The van der Waals surface area contributed by atoms with E-state index in [1.807, 2.05) is 23.1 Å². The summed E-state index contributed by atoms with van der Waals surface area (Å²) in [5.74, 6) is 1.12. The van der Waals surface area contributed by atoms with Crippen molar-refractivity contribution < 1.29 is 9.59 Å². The molecular weight excluding hydrogens is 402 g/mol. The minimum absolute atomic E-state index is 0.118. The Labute approximate surface area is 172 Å². The largest absolute Gasteiger partial charge is 0.309 e. The van der Waals surface area contributed by atoms with Crippen LogP contribution in [0.15, 0.2) is 18.2 Å². The van der Waals surface area contributed by atoms with Gasteiger partial charge in [0.15, 0.2) is 5.78 Å². The third-order valence-electron chi connectivity index (χ3n) is 6.17. The maximum Gasteiger partial charge on any atom is 0.227 e. The number of alkyl halides is 1. The van der Waals surface area contributed by atoms with E-state index in [2.05, 4.69) is 29.8 Å². The molecule has 1 saturated carbocycles. The number of rotatable bonds is 7. The highest BCUT2D eigenvalue weighted by Crippen LogP contribution is 2.35. The van der Waals surface area contributed by atoms with Crippen LogP contribution in [-0.4, -0.2) is 22.6 Å². The Bertz CT molecular complexity index is 681. The number of carbonyl (C=O) groups excluding carboxylic acids is 2. The van der Waals surface area contributed by atoms with E-state index in [1.54, 1.807) is 0 Å². The maximum atomic E-state index is 12.9. The topological polar surface area (TPSA) is 37.4 Å². The van der Waals surface area contributed by atoms with Gasteiger partial charge in [0.05, 0.1) is 4.83 Å². The summed E-state index contributed by atoms with van der Waals surface area (Å²) in [5.41, 5.74) is 2.90. The van der Waals surface area contributed by atoms with E-state index in [0.29, 0.717) is 6.42 Å². The summed E-state index contributed by atoms with van der Waals surface area (Å²) in [4.78, 5) is 27.4. The third kappa shape index (κ3) is 4.82. The number of ketones is 1. The van der Waals surface area contributed by atoms with E-state index in [-0.39, 0.29) is 22.6 Å². The second-order valence-electron chi connectivity index (χ2n) is 8.32. The molecule has 1 aliphatic carbocycles. The van der Waals surface area contributed by atoms with Crippen LogP contribution in [0.25, 0.3) is 0 Å². The Morgan fingerprint density at radius 3 is 2.67 bits per heavy atom. The normalized spacial score (nSPS) is 21.1. The van der Waals surface area contributed by atoms with E-state index in [9.17, 15) is 9.59 Å². The molecule has 2 atom stereocenters. The maximum absolute atomic E-state index is 12.9. The first-order chi connectivity index (χ1) is 13.0. The lowest BCUT2D eigenvalue weighted by molar-refractivity contribution is -0.119. The average Bonchev–Trinajstić information content (AvgIpc) is 3.01. The van der Waals surface area contributed by atoms with Gasteiger partial charge in [-0.15, -0.1) is 0 Å². The molecule has 1 heterocycles. The van der Waals surface area contributed by atoms with Gasteiger partial charge in [0.2, 0.25) is 5.91 Å². The molecule has 1 fully saturated rings. The fraction of sp³-hybridized carbons (Fsp3) is 0.652. The monoisotopic (exact) mass is 433 g/mol. The Morgan fingerprint density at radius 1 is 1.22 bits per heavy atom. The number of halogens is 1. The zero-order valence-electron chi connectivity index (χ0n) is 16.7. The first-order valence-electron chi connectivity index (χ1n) is 10.6. The first kappa shape index (κ1) is 20.6. The van der Waals surface area contributed by atoms with Gasteiger partial charge in [-0.1, -0.05) is 61.4 Å². The van der Waals surface area contributed by atoms with Crippen molar-refractivity contribution in [3.8, 4) is 0 Å². The number of fused-ring (bicyclic) bond motifs is 1. The molecule has 2 unspecified atom stereocenters. The van der Waals surface area contributed by atoms with Crippen LogP contribution in [0.4, 0.5) is 5.69 Å². The molecule has 0 radical (unpaired) electrons. The summed E-state index contributed by atoms with van der Waals surface area (Å²) in [6.07, 6.45) is 10.9. The van der Waals surface area contributed by atoms with Gasteiger partial charge in [-0.2, -0.15) is 0 Å². The fourth-order valence-electron chi connectivity index (χ4n) is 4.65. The molecule has 1 aromatic rings. The predicted octanol–water partition coefficient (Wildman–Crippen LogP) is 6.07. The number of benzene rings is 1. The molecular formula is C23H32BrNO2. The smallest absolute Gasteiger partial charge is 0.227 e. The van der Waals surface area contributed by atoms with Crippen LogP contribution < -0.4 is 4.90 Å². The number of anilines is 1. The highest BCUT2D eigenvalue weighted by molar-refractivity contribution is 9.10. The zero-order valence-corrected chi connectivity index (χ0v) is 18.3. The molecule has 0 bridgehead atoms. The van der Waals surface area contributed by atoms with Crippen LogP contribution in [0.1, 0.15) is 87.6 Å². The van der Waals surface area contributed by atoms with Gasteiger partial charge in [-0.25, -0.2) is 0 Å². The molecule has 4 heteroatoms. The number of hydrogen-bond donors (Lipinski definition) is 0. The van der Waals surface area contributed by atoms with Crippen LogP contribution in [0.2, 0.25) is 0 Å². The summed E-state index contributed by atoms with van der Waals surface area (Å²) in [6.45, 7) is 4.20. The van der Waals surface area contributed by atoms with Crippen molar-refractivity contribution in [3.63, 3.8) is 0 Å². The number of carbonyl (C=O) groups is 2. The molecule has 0 N–H and O–H groups in total. The van der Waals surface area contributed by atoms with Crippen molar-refractivity contribution in [2.24, 2.45) is 5.92 Å². The molecule has 0 spiro atoms. The summed E-state index contributed by atoms with van der Waals surface area (Å²) in [7, 11) is 0. The Balaban J connectivity index is 1.67. The van der Waals surface area contributed by atoms with Crippen molar-refractivity contribution in [2.45, 2.75) is 88.9 Å². The molecule has 148 valence electrons. The van der Waals surface area contributed by atoms with Crippen molar-refractivity contribution in [3.05, 3.63) is 29.3 Å². The lowest BCUT2D eigenvalue weighted by Crippen LogP contribution is -2.35. The lowest BCUT2D eigenvalue weighted by atomic mass is 9.86. The molecule has 0 aromatic heterocycles. The van der Waals surface area contributed by atoms with E-state index >= 15 is 0 Å². The summed E-state index contributed by atoms with van der Waals surface area (Å²) >= 11 is 3.51. The first-order valence-corrected chi connectivity index (χ1v) is 11.6. The summed E-state index contributed by atoms with van der Waals surface area (Å²) in [6, 6.07) is 6.06. The Morgan fingerprint density at radius 2 is 1.96 bits per heavy atom. The van der Waals surface area contributed by atoms with E-state index in [1.165, 1.54) is 32.1 Å². The quantitative estimate of drug-likeness (QED) is 0.386. The van der Waals surface area contributed by atoms with E-state index in [0.717, 1.165) is 48.4 Å². The van der Waals surface area contributed by atoms with E-state index in [4.69, 9.17) is 0 Å².